The fourth-order valence-corrected chi connectivity index (χ4v) is 2.12. The second-order valence-corrected chi connectivity index (χ2v) is 4.76. The third kappa shape index (κ3) is 2.54. The van der Waals surface area contributed by atoms with Gasteiger partial charge in [0.15, 0.2) is 11.6 Å². The van der Waals surface area contributed by atoms with Gasteiger partial charge in [0.25, 0.3) is 0 Å². The summed E-state index contributed by atoms with van der Waals surface area (Å²) in [5, 5.41) is 0. The van der Waals surface area contributed by atoms with Crippen LogP contribution in [0.25, 0.3) is 0 Å². The molecule has 0 saturated carbocycles. The monoisotopic (exact) mass is 274 g/mol. The van der Waals surface area contributed by atoms with Gasteiger partial charge in [-0.3, -0.25) is 9.59 Å². The van der Waals surface area contributed by atoms with Crippen molar-refractivity contribution in [3.05, 3.63) is 58.8 Å². The molecule has 2 aromatic rings. The smallest absolute Gasteiger partial charge is 0.176 e. The third-order valence-electron chi connectivity index (χ3n) is 3.23. The molecule has 1 atom stereocenters. The van der Waals surface area contributed by atoms with Gasteiger partial charge >= 0.3 is 0 Å². The molecule has 0 amide bonds. The van der Waals surface area contributed by atoms with Crippen LogP contribution in [0.1, 0.15) is 39.2 Å². The molecule has 0 radical (unpaired) electrons. The fraction of sp³-hybridized carbons (Fsp3) is 0.250. The Morgan fingerprint density at radius 1 is 1.10 bits per heavy atom. The molecule has 1 heterocycles. The van der Waals surface area contributed by atoms with Crippen LogP contribution in [-0.4, -0.2) is 11.6 Å². The molecule has 1 aromatic carbocycles. The first kappa shape index (κ1) is 14.2. The second-order valence-electron chi connectivity index (χ2n) is 4.76. The molecule has 0 fully saturated rings. The largest absolute Gasteiger partial charge is 0.466 e. The summed E-state index contributed by atoms with van der Waals surface area (Å²) in [6.07, 6.45) is 0. The lowest BCUT2D eigenvalue weighted by molar-refractivity contribution is 0.0818. The Balaban J connectivity index is 2.30. The molecule has 0 N–H and O–H groups in total. The van der Waals surface area contributed by atoms with Crippen LogP contribution in [0.5, 0.6) is 0 Å². The summed E-state index contributed by atoms with van der Waals surface area (Å²) in [6.45, 7) is 4.88. The molecule has 0 aliphatic heterocycles. The number of carbonyl (C=O) groups is 2. The van der Waals surface area contributed by atoms with Crippen LogP contribution >= 0.6 is 0 Å². The maximum atomic E-state index is 13.6. The Kier molecular flexibility index (Phi) is 3.84. The number of carbonyl (C=O) groups excluding carboxylic acids is 2. The van der Waals surface area contributed by atoms with Crippen LogP contribution < -0.4 is 0 Å². The number of hydrogen-bond donors (Lipinski definition) is 0. The molecule has 0 spiro atoms. The minimum Gasteiger partial charge on any atom is -0.466 e. The third-order valence-corrected chi connectivity index (χ3v) is 3.23. The van der Waals surface area contributed by atoms with E-state index < -0.39 is 17.5 Å². The van der Waals surface area contributed by atoms with Crippen LogP contribution in [-0.2, 0) is 0 Å². The number of halogens is 1. The minimum atomic E-state index is -0.942. The summed E-state index contributed by atoms with van der Waals surface area (Å²) in [7, 11) is 0. The van der Waals surface area contributed by atoms with E-state index in [2.05, 4.69) is 0 Å². The predicted octanol–water partition coefficient (Wildman–Crippen LogP) is 3.74. The molecule has 3 nitrogen and oxygen atoms in total. The maximum Gasteiger partial charge on any atom is 0.176 e. The summed E-state index contributed by atoms with van der Waals surface area (Å²) in [6, 6.07) is 7.26. The fourth-order valence-electron chi connectivity index (χ4n) is 2.12. The number of ketones is 2. The molecule has 20 heavy (non-hydrogen) atoms. The summed E-state index contributed by atoms with van der Waals surface area (Å²) >= 11 is 0. The van der Waals surface area contributed by atoms with Crippen molar-refractivity contribution in [2.45, 2.75) is 20.8 Å². The molecule has 4 heteroatoms. The standard InChI is InChI=1S/C16H15FO3/c1-9-8-13(11(3)20-9)16(19)10(2)15(18)12-6-4-5-7-14(12)17/h4-8,10H,1-3H3. The van der Waals surface area contributed by atoms with Crippen molar-refractivity contribution >= 4 is 11.6 Å². The van der Waals surface area contributed by atoms with Crippen LogP contribution in [0.4, 0.5) is 4.39 Å². The van der Waals surface area contributed by atoms with Gasteiger partial charge in [0.2, 0.25) is 0 Å². The van der Waals surface area contributed by atoms with Gasteiger partial charge in [-0.1, -0.05) is 12.1 Å². The summed E-state index contributed by atoms with van der Waals surface area (Å²) in [4.78, 5) is 24.5. The van der Waals surface area contributed by atoms with E-state index in [-0.39, 0.29) is 11.3 Å². The zero-order valence-electron chi connectivity index (χ0n) is 11.6. The normalized spacial score (nSPS) is 12.2. The lowest BCUT2D eigenvalue weighted by atomic mass is 9.91. The average Bonchev–Trinajstić information content (AvgIpc) is 2.76. The lowest BCUT2D eigenvalue weighted by Crippen LogP contribution is -2.22. The van der Waals surface area contributed by atoms with Crippen LogP contribution in [0.3, 0.4) is 0 Å². The summed E-state index contributed by atoms with van der Waals surface area (Å²) in [5.74, 6) is -1.35. The van der Waals surface area contributed by atoms with E-state index in [1.165, 1.54) is 25.1 Å². The van der Waals surface area contributed by atoms with Gasteiger partial charge in [-0.15, -0.1) is 0 Å². The Bertz CT molecular complexity index is 670. The molecule has 104 valence electrons. The van der Waals surface area contributed by atoms with Crippen molar-refractivity contribution in [1.82, 2.24) is 0 Å². The lowest BCUT2D eigenvalue weighted by Gasteiger charge is -2.09. The number of rotatable bonds is 4. The van der Waals surface area contributed by atoms with E-state index in [4.69, 9.17) is 4.42 Å². The van der Waals surface area contributed by atoms with E-state index in [1.807, 2.05) is 0 Å². The topological polar surface area (TPSA) is 47.3 Å². The molecule has 2 rings (SSSR count). The second kappa shape index (κ2) is 5.41. The van der Waals surface area contributed by atoms with E-state index in [9.17, 15) is 14.0 Å². The average molecular weight is 274 g/mol. The SMILES string of the molecule is Cc1cc(C(=O)C(C)C(=O)c2ccccc2F)c(C)o1. The van der Waals surface area contributed by atoms with Gasteiger partial charge in [-0.25, -0.2) is 4.39 Å². The highest BCUT2D eigenvalue weighted by atomic mass is 19.1. The van der Waals surface area contributed by atoms with Gasteiger partial charge in [0, 0.05) is 0 Å². The van der Waals surface area contributed by atoms with Gasteiger partial charge in [0.1, 0.15) is 17.3 Å². The zero-order valence-corrected chi connectivity index (χ0v) is 11.6. The van der Waals surface area contributed by atoms with E-state index >= 15 is 0 Å². The molecule has 0 bridgehead atoms. The molecule has 1 aromatic heterocycles. The van der Waals surface area contributed by atoms with E-state index in [1.54, 1.807) is 26.0 Å². The van der Waals surface area contributed by atoms with Crippen LogP contribution in [0.2, 0.25) is 0 Å². The number of furan rings is 1. The van der Waals surface area contributed by atoms with Gasteiger partial charge in [-0.05, 0) is 39.0 Å². The highest BCUT2D eigenvalue weighted by Gasteiger charge is 2.28. The minimum absolute atomic E-state index is 0.0637. The van der Waals surface area contributed by atoms with Gasteiger partial charge in [-0.2, -0.15) is 0 Å². The Morgan fingerprint density at radius 2 is 1.70 bits per heavy atom. The highest BCUT2D eigenvalue weighted by molar-refractivity contribution is 6.16. The zero-order chi connectivity index (χ0) is 14.9. The van der Waals surface area contributed by atoms with Crippen LogP contribution in [0, 0.1) is 25.6 Å². The molecule has 0 aliphatic rings. The van der Waals surface area contributed by atoms with Crippen molar-refractivity contribution in [3.63, 3.8) is 0 Å². The number of Topliss-reactive ketones (excluding diaryl/α,β-unsaturated/α-hetero) is 2. The summed E-state index contributed by atoms with van der Waals surface area (Å²) < 4.78 is 18.9. The quantitative estimate of drug-likeness (QED) is 0.630. The Morgan fingerprint density at radius 3 is 2.25 bits per heavy atom. The maximum absolute atomic E-state index is 13.6. The molecule has 0 saturated heterocycles. The van der Waals surface area contributed by atoms with Crippen molar-refractivity contribution in [1.29, 1.82) is 0 Å². The first-order chi connectivity index (χ1) is 9.41. The van der Waals surface area contributed by atoms with Crippen molar-refractivity contribution < 1.29 is 18.4 Å². The van der Waals surface area contributed by atoms with Crippen LogP contribution in [0.15, 0.2) is 34.7 Å². The predicted molar refractivity (Wildman–Crippen MR) is 72.4 cm³/mol. The van der Waals surface area contributed by atoms with Gasteiger partial charge in [0.05, 0.1) is 17.0 Å². The van der Waals surface area contributed by atoms with Gasteiger partial charge < -0.3 is 4.42 Å². The number of aryl methyl sites for hydroxylation is 2. The first-order valence-corrected chi connectivity index (χ1v) is 6.31. The Labute approximate surface area is 116 Å². The molecular formula is C16H15FO3. The molecular weight excluding hydrogens is 259 g/mol. The summed E-state index contributed by atoms with van der Waals surface area (Å²) in [5.41, 5.74) is 0.311. The van der Waals surface area contributed by atoms with Crippen molar-refractivity contribution in [3.8, 4) is 0 Å². The van der Waals surface area contributed by atoms with Crippen molar-refractivity contribution in [2.24, 2.45) is 5.92 Å². The number of hydrogen-bond acceptors (Lipinski definition) is 3. The molecule has 1 unspecified atom stereocenters. The molecule has 0 aliphatic carbocycles. The Hall–Kier alpha value is -2.23. The van der Waals surface area contributed by atoms with E-state index in [0.29, 0.717) is 17.1 Å². The first-order valence-electron chi connectivity index (χ1n) is 6.31. The van der Waals surface area contributed by atoms with E-state index in [0.717, 1.165) is 0 Å². The van der Waals surface area contributed by atoms with Crippen molar-refractivity contribution in [2.75, 3.05) is 0 Å². The number of benzene rings is 1. The highest BCUT2D eigenvalue weighted by Crippen LogP contribution is 2.21.